The number of hydrogen-bond acceptors (Lipinski definition) is 4. The number of nitrogens with zero attached hydrogens (tertiary/aromatic N) is 2. The molecule has 6 nitrogen and oxygen atoms in total. The molecule has 2 aromatic heterocycles. The van der Waals surface area contributed by atoms with Gasteiger partial charge >= 0.3 is 5.97 Å². The van der Waals surface area contributed by atoms with Crippen LogP contribution >= 0.6 is 0 Å². The second kappa shape index (κ2) is 6.24. The lowest BCUT2D eigenvalue weighted by molar-refractivity contribution is 0.0699. The minimum absolute atomic E-state index is 0.180. The second-order valence-electron chi connectivity index (χ2n) is 5.77. The normalized spacial score (nSPS) is 11.0. The first-order valence-electron chi connectivity index (χ1n) is 8.00. The highest BCUT2D eigenvalue weighted by atomic mass is 16.4. The van der Waals surface area contributed by atoms with E-state index in [2.05, 4.69) is 32.4 Å². The first kappa shape index (κ1) is 15.1. The molecule has 0 fully saturated rings. The Balaban J connectivity index is 1.57. The molecule has 0 bridgehead atoms. The molecule has 0 spiro atoms. The van der Waals surface area contributed by atoms with E-state index in [-0.39, 0.29) is 5.56 Å². The highest BCUT2D eigenvalue weighted by Gasteiger charge is 2.12. The monoisotopic (exact) mass is 332 g/mol. The number of H-pyrrole nitrogens is 1. The molecule has 0 amide bonds. The smallest absolute Gasteiger partial charge is 0.337 e. The van der Waals surface area contributed by atoms with Crippen LogP contribution in [0, 0.1) is 0 Å². The van der Waals surface area contributed by atoms with Crippen molar-refractivity contribution in [3.63, 3.8) is 0 Å². The van der Waals surface area contributed by atoms with Crippen LogP contribution < -0.4 is 5.32 Å². The Morgan fingerprint density at radius 2 is 1.92 bits per heavy atom. The topological polar surface area (TPSA) is 90.9 Å². The van der Waals surface area contributed by atoms with E-state index in [0.717, 1.165) is 11.9 Å². The Bertz CT molecular complexity index is 1070. The SMILES string of the molecule is O=C(O)c1cccc2c(NCCc3c[nH]c4ccccc34)ncnc12. The molecular weight excluding hydrogens is 316 g/mol. The lowest BCUT2D eigenvalue weighted by atomic mass is 10.1. The van der Waals surface area contributed by atoms with Crippen LogP contribution in [0.5, 0.6) is 0 Å². The van der Waals surface area contributed by atoms with Gasteiger partial charge in [0.25, 0.3) is 0 Å². The third kappa shape index (κ3) is 2.78. The summed E-state index contributed by atoms with van der Waals surface area (Å²) in [5.41, 5.74) is 2.97. The van der Waals surface area contributed by atoms with Crippen molar-refractivity contribution in [2.24, 2.45) is 0 Å². The van der Waals surface area contributed by atoms with Crippen molar-refractivity contribution in [3.8, 4) is 0 Å². The summed E-state index contributed by atoms with van der Waals surface area (Å²) >= 11 is 0. The molecule has 0 aliphatic heterocycles. The fraction of sp³-hybridized carbons (Fsp3) is 0.105. The summed E-state index contributed by atoms with van der Waals surface area (Å²) in [5, 5.41) is 14.5. The van der Waals surface area contributed by atoms with Crippen molar-refractivity contribution in [2.45, 2.75) is 6.42 Å². The summed E-state index contributed by atoms with van der Waals surface area (Å²) in [6, 6.07) is 13.3. The minimum Gasteiger partial charge on any atom is -0.478 e. The molecule has 2 aromatic carbocycles. The highest BCUT2D eigenvalue weighted by molar-refractivity contribution is 6.04. The van der Waals surface area contributed by atoms with E-state index in [1.54, 1.807) is 12.1 Å². The number of hydrogen-bond donors (Lipinski definition) is 3. The Kier molecular flexibility index (Phi) is 3.78. The zero-order chi connectivity index (χ0) is 17.2. The number of nitrogens with one attached hydrogen (secondary N) is 2. The quantitative estimate of drug-likeness (QED) is 0.520. The van der Waals surface area contributed by atoms with Crippen LogP contribution in [0.25, 0.3) is 21.8 Å². The lowest BCUT2D eigenvalue weighted by Crippen LogP contribution is -2.08. The molecule has 0 saturated carbocycles. The summed E-state index contributed by atoms with van der Waals surface area (Å²) < 4.78 is 0. The number of para-hydroxylation sites is 2. The van der Waals surface area contributed by atoms with E-state index in [0.29, 0.717) is 23.3 Å². The van der Waals surface area contributed by atoms with Crippen molar-refractivity contribution < 1.29 is 9.90 Å². The van der Waals surface area contributed by atoms with Gasteiger partial charge in [-0.05, 0) is 30.2 Å². The van der Waals surface area contributed by atoms with Crippen molar-refractivity contribution in [1.82, 2.24) is 15.0 Å². The number of benzene rings is 2. The van der Waals surface area contributed by atoms with Gasteiger partial charge < -0.3 is 15.4 Å². The largest absolute Gasteiger partial charge is 0.478 e. The maximum absolute atomic E-state index is 11.3. The number of carbonyl (C=O) groups is 1. The van der Waals surface area contributed by atoms with Gasteiger partial charge in [-0.25, -0.2) is 14.8 Å². The van der Waals surface area contributed by atoms with E-state index in [1.807, 2.05) is 24.4 Å². The van der Waals surface area contributed by atoms with Crippen LogP contribution in [-0.2, 0) is 6.42 Å². The summed E-state index contributed by atoms with van der Waals surface area (Å²) in [6.45, 7) is 0.686. The number of aromatic amines is 1. The zero-order valence-corrected chi connectivity index (χ0v) is 13.4. The molecule has 0 unspecified atom stereocenters. The minimum atomic E-state index is -0.992. The van der Waals surface area contributed by atoms with Gasteiger partial charge in [-0.2, -0.15) is 0 Å². The van der Waals surface area contributed by atoms with E-state index >= 15 is 0 Å². The summed E-state index contributed by atoms with van der Waals surface area (Å²) in [4.78, 5) is 23.0. The van der Waals surface area contributed by atoms with E-state index in [9.17, 15) is 9.90 Å². The van der Waals surface area contributed by atoms with E-state index in [4.69, 9.17) is 0 Å². The van der Waals surface area contributed by atoms with Crippen LogP contribution in [-0.4, -0.2) is 32.6 Å². The van der Waals surface area contributed by atoms with Gasteiger partial charge in [0.1, 0.15) is 12.1 Å². The van der Waals surface area contributed by atoms with Gasteiger partial charge in [-0.15, -0.1) is 0 Å². The lowest BCUT2D eigenvalue weighted by Gasteiger charge is -2.09. The van der Waals surface area contributed by atoms with Crippen LogP contribution in [0.1, 0.15) is 15.9 Å². The van der Waals surface area contributed by atoms with Crippen LogP contribution in [0.3, 0.4) is 0 Å². The maximum atomic E-state index is 11.3. The predicted molar refractivity (Wildman–Crippen MR) is 97.0 cm³/mol. The predicted octanol–water partition coefficient (Wildman–Crippen LogP) is 3.46. The Hall–Kier alpha value is -3.41. The van der Waals surface area contributed by atoms with Crippen molar-refractivity contribution in [1.29, 1.82) is 0 Å². The third-order valence-electron chi connectivity index (χ3n) is 4.26. The average Bonchev–Trinajstić information content (AvgIpc) is 3.04. The Morgan fingerprint density at radius 1 is 1.08 bits per heavy atom. The number of anilines is 1. The number of fused-ring (bicyclic) bond motifs is 2. The van der Waals surface area contributed by atoms with Gasteiger partial charge in [-0.1, -0.05) is 24.3 Å². The van der Waals surface area contributed by atoms with Crippen molar-refractivity contribution in [2.75, 3.05) is 11.9 Å². The van der Waals surface area contributed by atoms with E-state index < -0.39 is 5.97 Å². The van der Waals surface area contributed by atoms with Gasteiger partial charge in [0.05, 0.1) is 11.1 Å². The highest BCUT2D eigenvalue weighted by Crippen LogP contribution is 2.23. The maximum Gasteiger partial charge on any atom is 0.337 e. The molecule has 0 aliphatic carbocycles. The van der Waals surface area contributed by atoms with Gasteiger partial charge in [0.15, 0.2) is 0 Å². The molecule has 4 aromatic rings. The molecule has 0 radical (unpaired) electrons. The van der Waals surface area contributed by atoms with Crippen LogP contribution in [0.2, 0.25) is 0 Å². The molecule has 2 heterocycles. The molecule has 25 heavy (non-hydrogen) atoms. The average molecular weight is 332 g/mol. The Labute approximate surface area is 143 Å². The Morgan fingerprint density at radius 3 is 2.80 bits per heavy atom. The number of rotatable bonds is 5. The molecule has 124 valence electrons. The number of aromatic carboxylic acids is 1. The molecule has 4 rings (SSSR count). The van der Waals surface area contributed by atoms with Crippen molar-refractivity contribution in [3.05, 3.63) is 66.1 Å². The number of aromatic nitrogens is 3. The standard InChI is InChI=1S/C19H16N4O2/c24-19(25)15-6-3-5-14-17(15)22-11-23-18(14)20-9-8-12-10-21-16-7-2-1-4-13(12)16/h1-7,10-11,21H,8-9H2,(H,24,25)(H,20,22,23). The fourth-order valence-corrected chi connectivity index (χ4v) is 3.06. The van der Waals surface area contributed by atoms with Gasteiger partial charge in [-0.3, -0.25) is 0 Å². The first-order valence-corrected chi connectivity index (χ1v) is 8.00. The van der Waals surface area contributed by atoms with Crippen molar-refractivity contribution >= 4 is 33.6 Å². The third-order valence-corrected chi connectivity index (χ3v) is 4.26. The summed E-state index contributed by atoms with van der Waals surface area (Å²) in [6.07, 6.45) is 4.24. The molecule has 0 saturated heterocycles. The van der Waals surface area contributed by atoms with Gasteiger partial charge in [0, 0.05) is 29.0 Å². The molecule has 3 N–H and O–H groups in total. The van der Waals surface area contributed by atoms with Crippen LogP contribution in [0.4, 0.5) is 5.82 Å². The van der Waals surface area contributed by atoms with Gasteiger partial charge in [0.2, 0.25) is 0 Å². The molecule has 0 atom stereocenters. The molecule has 0 aliphatic rings. The number of carboxylic acids is 1. The second-order valence-corrected chi connectivity index (χ2v) is 5.77. The van der Waals surface area contributed by atoms with E-state index in [1.165, 1.54) is 17.3 Å². The summed E-state index contributed by atoms with van der Waals surface area (Å²) in [5.74, 6) is -0.345. The molecular formula is C19H16N4O2. The molecule has 6 heteroatoms. The first-order chi connectivity index (χ1) is 12.2. The van der Waals surface area contributed by atoms with Crippen LogP contribution in [0.15, 0.2) is 55.0 Å². The summed E-state index contributed by atoms with van der Waals surface area (Å²) in [7, 11) is 0. The fourth-order valence-electron chi connectivity index (χ4n) is 3.06. The number of carboxylic acid groups (broad SMARTS) is 1. The zero-order valence-electron chi connectivity index (χ0n) is 13.4.